The number of carbonyl (C=O) groups is 3. The van der Waals surface area contributed by atoms with Crippen LogP contribution in [0.2, 0.25) is 0 Å². The third-order valence-electron chi connectivity index (χ3n) is 4.40. The Hall–Kier alpha value is -2.37. The van der Waals surface area contributed by atoms with Crippen LogP contribution in [-0.4, -0.2) is 30.6 Å². The van der Waals surface area contributed by atoms with Crippen molar-refractivity contribution in [2.75, 3.05) is 6.61 Å². The Bertz CT molecular complexity index is 582. The van der Waals surface area contributed by atoms with Crippen molar-refractivity contribution < 1.29 is 19.1 Å². The molecule has 1 fully saturated rings. The van der Waals surface area contributed by atoms with Gasteiger partial charge in [0, 0.05) is 6.04 Å². The predicted molar refractivity (Wildman–Crippen MR) is 94.0 cm³/mol. The number of hydrogen-bond acceptors (Lipinski definition) is 4. The highest BCUT2D eigenvalue weighted by atomic mass is 16.5. The van der Waals surface area contributed by atoms with E-state index in [0.29, 0.717) is 0 Å². The number of amides is 3. The van der Waals surface area contributed by atoms with E-state index >= 15 is 0 Å². The van der Waals surface area contributed by atoms with Crippen LogP contribution in [0.4, 0.5) is 4.79 Å². The average molecular weight is 346 g/mol. The maximum absolute atomic E-state index is 11.8. The van der Waals surface area contributed by atoms with Crippen LogP contribution in [0.1, 0.15) is 56.9 Å². The first-order valence-electron chi connectivity index (χ1n) is 8.85. The van der Waals surface area contributed by atoms with Crippen molar-refractivity contribution in [2.24, 2.45) is 0 Å². The normalized spacial score (nSPS) is 15.9. The molecule has 2 N–H and O–H groups in total. The standard InChI is InChI=1S/C19H26N2O4/c1-14(15-8-4-2-5-9-15)12-18(23)25-13-17(22)21-19(24)20-16-10-6-3-7-11-16/h2,4-5,8-9,14,16H,3,6-7,10-13H2,1H3,(H2,20,21,22,24)/t14-/m0/s1. The van der Waals surface area contributed by atoms with Gasteiger partial charge in [-0.2, -0.15) is 0 Å². The van der Waals surface area contributed by atoms with E-state index < -0.39 is 24.5 Å². The average Bonchev–Trinajstić information content (AvgIpc) is 2.61. The number of rotatable bonds is 6. The summed E-state index contributed by atoms with van der Waals surface area (Å²) >= 11 is 0. The van der Waals surface area contributed by atoms with Crippen LogP contribution in [0.5, 0.6) is 0 Å². The SMILES string of the molecule is C[C@@H](CC(=O)OCC(=O)NC(=O)NC1CCCCC1)c1ccccc1. The fraction of sp³-hybridized carbons (Fsp3) is 0.526. The molecule has 136 valence electrons. The zero-order chi connectivity index (χ0) is 18.1. The smallest absolute Gasteiger partial charge is 0.321 e. The molecule has 0 bridgehead atoms. The van der Waals surface area contributed by atoms with Crippen LogP contribution < -0.4 is 10.6 Å². The molecule has 1 saturated carbocycles. The summed E-state index contributed by atoms with van der Waals surface area (Å²) in [5.41, 5.74) is 1.04. The number of hydrogen-bond donors (Lipinski definition) is 2. The number of ether oxygens (including phenoxy) is 1. The van der Waals surface area contributed by atoms with E-state index in [4.69, 9.17) is 4.74 Å². The van der Waals surface area contributed by atoms with Gasteiger partial charge in [0.05, 0.1) is 6.42 Å². The number of benzene rings is 1. The maximum Gasteiger partial charge on any atom is 0.321 e. The molecule has 0 aromatic heterocycles. The molecular formula is C19H26N2O4. The van der Waals surface area contributed by atoms with Crippen molar-refractivity contribution in [2.45, 2.75) is 57.4 Å². The molecule has 0 unspecified atom stereocenters. The lowest BCUT2D eigenvalue weighted by molar-refractivity contribution is -0.148. The van der Waals surface area contributed by atoms with Crippen molar-refractivity contribution in [1.29, 1.82) is 0 Å². The summed E-state index contributed by atoms with van der Waals surface area (Å²) in [6, 6.07) is 9.23. The third kappa shape index (κ3) is 6.95. The van der Waals surface area contributed by atoms with Crippen molar-refractivity contribution >= 4 is 17.9 Å². The molecule has 1 atom stereocenters. The summed E-state index contributed by atoms with van der Waals surface area (Å²) < 4.78 is 4.96. The highest BCUT2D eigenvalue weighted by molar-refractivity contribution is 5.95. The fourth-order valence-electron chi connectivity index (χ4n) is 2.99. The Balaban J connectivity index is 1.65. The largest absolute Gasteiger partial charge is 0.456 e. The van der Waals surface area contributed by atoms with Gasteiger partial charge >= 0.3 is 12.0 Å². The van der Waals surface area contributed by atoms with E-state index in [9.17, 15) is 14.4 Å². The number of nitrogens with one attached hydrogen (secondary N) is 2. The second kappa shape index (κ2) is 9.81. The minimum absolute atomic E-state index is 0.00589. The molecule has 0 spiro atoms. The second-order valence-electron chi connectivity index (χ2n) is 6.53. The highest BCUT2D eigenvalue weighted by Gasteiger charge is 2.18. The fourth-order valence-corrected chi connectivity index (χ4v) is 2.99. The molecule has 2 rings (SSSR count). The van der Waals surface area contributed by atoms with Crippen LogP contribution in [-0.2, 0) is 14.3 Å². The first-order valence-corrected chi connectivity index (χ1v) is 8.85. The molecule has 1 aliphatic rings. The predicted octanol–water partition coefficient (Wildman–Crippen LogP) is 2.88. The van der Waals surface area contributed by atoms with Crippen LogP contribution in [0, 0.1) is 0 Å². The van der Waals surface area contributed by atoms with Crippen LogP contribution >= 0.6 is 0 Å². The van der Waals surface area contributed by atoms with Gasteiger partial charge in [-0.1, -0.05) is 56.5 Å². The van der Waals surface area contributed by atoms with Crippen molar-refractivity contribution in [3.63, 3.8) is 0 Å². The van der Waals surface area contributed by atoms with Gasteiger partial charge in [0.15, 0.2) is 6.61 Å². The highest BCUT2D eigenvalue weighted by Crippen LogP contribution is 2.19. The Morgan fingerprint density at radius 3 is 2.48 bits per heavy atom. The Morgan fingerprint density at radius 1 is 1.12 bits per heavy atom. The minimum Gasteiger partial charge on any atom is -0.456 e. The molecular weight excluding hydrogens is 320 g/mol. The number of imide groups is 1. The first kappa shape index (κ1) is 19.0. The first-order chi connectivity index (χ1) is 12.0. The van der Waals surface area contributed by atoms with Gasteiger partial charge in [-0.15, -0.1) is 0 Å². The molecule has 6 heteroatoms. The molecule has 3 amide bonds. The lowest BCUT2D eigenvalue weighted by Gasteiger charge is -2.22. The van der Waals surface area contributed by atoms with E-state index in [2.05, 4.69) is 10.6 Å². The van der Waals surface area contributed by atoms with Gasteiger partial charge in [0.1, 0.15) is 0 Å². The molecule has 0 aliphatic heterocycles. The number of urea groups is 1. The number of carbonyl (C=O) groups excluding carboxylic acids is 3. The molecule has 1 aliphatic carbocycles. The second-order valence-corrected chi connectivity index (χ2v) is 6.53. The van der Waals surface area contributed by atoms with Crippen molar-refractivity contribution in [3.05, 3.63) is 35.9 Å². The summed E-state index contributed by atoms with van der Waals surface area (Å²) in [6.07, 6.45) is 5.44. The Morgan fingerprint density at radius 2 is 1.80 bits per heavy atom. The quantitative estimate of drug-likeness (QED) is 0.776. The van der Waals surface area contributed by atoms with E-state index in [-0.39, 0.29) is 18.4 Å². The lowest BCUT2D eigenvalue weighted by Crippen LogP contribution is -2.46. The summed E-state index contributed by atoms with van der Waals surface area (Å²) in [7, 11) is 0. The summed E-state index contributed by atoms with van der Waals surface area (Å²) in [5.74, 6) is -1.07. The number of esters is 1. The van der Waals surface area contributed by atoms with Gasteiger partial charge in [0.25, 0.3) is 5.91 Å². The van der Waals surface area contributed by atoms with Gasteiger partial charge in [-0.05, 0) is 24.3 Å². The maximum atomic E-state index is 11.8. The topological polar surface area (TPSA) is 84.5 Å². The van der Waals surface area contributed by atoms with Crippen molar-refractivity contribution in [1.82, 2.24) is 10.6 Å². The molecule has 0 saturated heterocycles. The third-order valence-corrected chi connectivity index (χ3v) is 4.40. The van der Waals surface area contributed by atoms with Gasteiger partial charge in [0.2, 0.25) is 0 Å². The van der Waals surface area contributed by atoms with Gasteiger partial charge in [-0.3, -0.25) is 14.9 Å². The molecule has 1 aromatic rings. The summed E-state index contributed by atoms with van der Waals surface area (Å²) in [5, 5.41) is 4.98. The van der Waals surface area contributed by atoms with Crippen LogP contribution in [0.3, 0.4) is 0 Å². The van der Waals surface area contributed by atoms with E-state index in [1.165, 1.54) is 6.42 Å². The van der Waals surface area contributed by atoms with Gasteiger partial charge < -0.3 is 10.1 Å². The van der Waals surface area contributed by atoms with Crippen LogP contribution in [0.25, 0.3) is 0 Å². The molecule has 1 aromatic carbocycles. The molecule has 0 heterocycles. The molecule has 25 heavy (non-hydrogen) atoms. The Labute approximate surface area is 148 Å². The zero-order valence-corrected chi connectivity index (χ0v) is 14.6. The lowest BCUT2D eigenvalue weighted by atomic mass is 9.96. The van der Waals surface area contributed by atoms with E-state index in [1.807, 2.05) is 37.3 Å². The minimum atomic E-state index is -0.617. The summed E-state index contributed by atoms with van der Waals surface area (Å²) in [6.45, 7) is 1.48. The zero-order valence-electron chi connectivity index (χ0n) is 14.6. The van der Waals surface area contributed by atoms with E-state index in [0.717, 1.165) is 31.2 Å². The van der Waals surface area contributed by atoms with Crippen LogP contribution in [0.15, 0.2) is 30.3 Å². The van der Waals surface area contributed by atoms with Gasteiger partial charge in [-0.25, -0.2) is 4.79 Å². The Kier molecular flexibility index (Phi) is 7.44. The molecule has 0 radical (unpaired) electrons. The van der Waals surface area contributed by atoms with Crippen molar-refractivity contribution in [3.8, 4) is 0 Å². The molecule has 6 nitrogen and oxygen atoms in total. The summed E-state index contributed by atoms with van der Waals surface area (Å²) in [4.78, 5) is 35.3. The monoisotopic (exact) mass is 346 g/mol. The van der Waals surface area contributed by atoms with E-state index in [1.54, 1.807) is 0 Å².